The van der Waals surface area contributed by atoms with Crippen LogP contribution in [-0.4, -0.2) is 53.6 Å². The zero-order valence-electron chi connectivity index (χ0n) is 22.5. The van der Waals surface area contributed by atoms with Crippen molar-refractivity contribution in [3.63, 3.8) is 0 Å². The van der Waals surface area contributed by atoms with Crippen molar-refractivity contribution in [2.24, 2.45) is 4.99 Å². The summed E-state index contributed by atoms with van der Waals surface area (Å²) in [6.07, 6.45) is 8.13. The van der Waals surface area contributed by atoms with Crippen LogP contribution in [0.25, 0.3) is 16.3 Å². The van der Waals surface area contributed by atoms with E-state index in [1.165, 1.54) is 0 Å². The van der Waals surface area contributed by atoms with Crippen molar-refractivity contribution < 1.29 is 9.84 Å². The molecule has 1 unspecified atom stereocenters. The molecule has 1 aliphatic rings. The quantitative estimate of drug-likeness (QED) is 0.156. The van der Waals surface area contributed by atoms with Crippen LogP contribution in [0, 0.1) is 6.92 Å². The first-order valence-electron chi connectivity index (χ1n) is 13.3. The average Bonchev–Trinajstić information content (AvgIpc) is 2.92. The minimum atomic E-state index is -0.355. The number of allylic oxidation sites excluding steroid dienone is 3. The lowest BCUT2D eigenvalue weighted by Gasteiger charge is -2.23. The molecule has 1 saturated heterocycles. The molecule has 0 saturated carbocycles. The molecule has 1 aromatic heterocycles. The number of nitrogens with one attached hydrogen (secondary N) is 3. The van der Waals surface area contributed by atoms with E-state index in [1.807, 2.05) is 56.3 Å². The number of aliphatic hydroxyl groups excluding tert-OH is 1. The second-order valence-corrected chi connectivity index (χ2v) is 9.61. The van der Waals surface area contributed by atoms with Crippen molar-refractivity contribution >= 4 is 34.7 Å². The maximum Gasteiger partial charge on any atom is 0.228 e. The van der Waals surface area contributed by atoms with Crippen molar-refractivity contribution in [1.29, 1.82) is 0 Å². The van der Waals surface area contributed by atoms with Gasteiger partial charge in [0.15, 0.2) is 0 Å². The molecule has 200 valence electrons. The smallest absolute Gasteiger partial charge is 0.228 e. The van der Waals surface area contributed by atoms with Crippen LogP contribution in [-0.2, 0) is 0 Å². The number of fused-ring (bicyclic) bond motifs is 1. The largest absolute Gasteiger partial charge is 0.437 e. The van der Waals surface area contributed by atoms with Crippen LogP contribution in [0.2, 0.25) is 0 Å². The number of nitrogens with zero attached hydrogens (tertiary/aromatic N) is 3. The number of anilines is 2. The average molecular weight is 515 g/mol. The Labute approximate surface area is 225 Å². The highest BCUT2D eigenvalue weighted by atomic mass is 16.5. The molecule has 1 fully saturated rings. The fraction of sp³-hybridized carbons (Fsp3) is 0.367. The Bertz CT molecular complexity index is 1310. The highest BCUT2D eigenvalue weighted by molar-refractivity contribution is 5.98. The van der Waals surface area contributed by atoms with Crippen molar-refractivity contribution in [3.05, 3.63) is 71.9 Å². The maximum atomic E-state index is 9.64. The zero-order chi connectivity index (χ0) is 26.9. The summed E-state index contributed by atoms with van der Waals surface area (Å²) in [6, 6.07) is 12.4. The van der Waals surface area contributed by atoms with Gasteiger partial charge in [-0.05, 0) is 71.0 Å². The van der Waals surface area contributed by atoms with E-state index in [0.29, 0.717) is 42.3 Å². The number of piperidine rings is 1. The molecule has 38 heavy (non-hydrogen) atoms. The second kappa shape index (κ2) is 13.2. The summed E-state index contributed by atoms with van der Waals surface area (Å²) in [5.41, 5.74) is 3.39. The van der Waals surface area contributed by atoms with Gasteiger partial charge in [0.1, 0.15) is 5.75 Å². The number of aliphatic imine (C=N–C) groups is 1. The molecule has 8 nitrogen and oxygen atoms in total. The molecule has 1 aliphatic heterocycles. The third kappa shape index (κ3) is 6.76. The third-order valence-electron chi connectivity index (χ3n) is 6.55. The molecular weight excluding hydrogens is 476 g/mol. The standard InChI is InChI=1S/C30H38N6O2/c1-5-8-25(27-15-18-34-30(36-27)35-22-9-7-16-32-19-22)29(31-4)38-28-20(2)12-13-23-24(28)10-6-11-26(23)33-17-14-21(3)37/h5-6,8,10-13,15,18,21-22,32-33,37H,4,7,9,14,16-17,19H2,1-3H3,(H,34,35,36)/b8-5-,29-25-/t21?,22-/m0/s1. The SMILES string of the molecule is C=N/C(Oc1c(C)ccc2c(NCCC(C)O)cccc12)=C(\C=C/C)c1ccnc(N[C@H]2CCCNC2)n1. The van der Waals surface area contributed by atoms with E-state index in [9.17, 15) is 5.11 Å². The molecule has 8 heteroatoms. The fourth-order valence-electron chi connectivity index (χ4n) is 4.58. The summed E-state index contributed by atoms with van der Waals surface area (Å²) >= 11 is 0. The first kappa shape index (κ1) is 27.3. The monoisotopic (exact) mass is 514 g/mol. The topological polar surface area (TPSA) is 104 Å². The van der Waals surface area contributed by atoms with Crippen LogP contribution in [0.15, 0.2) is 65.6 Å². The first-order chi connectivity index (χ1) is 18.5. The molecule has 4 rings (SSSR count). The lowest BCUT2D eigenvalue weighted by atomic mass is 10.0. The number of aryl methyl sites for hydroxylation is 1. The molecule has 2 heterocycles. The summed E-state index contributed by atoms with van der Waals surface area (Å²) in [7, 11) is 0. The van der Waals surface area contributed by atoms with Gasteiger partial charge in [-0.2, -0.15) is 0 Å². The molecule has 2 aromatic carbocycles. The van der Waals surface area contributed by atoms with Gasteiger partial charge in [-0.1, -0.05) is 36.4 Å². The fourth-order valence-corrected chi connectivity index (χ4v) is 4.58. The van der Waals surface area contributed by atoms with Gasteiger partial charge in [0.2, 0.25) is 11.8 Å². The van der Waals surface area contributed by atoms with Crippen LogP contribution in [0.3, 0.4) is 0 Å². The minimum Gasteiger partial charge on any atom is -0.437 e. The number of rotatable bonds is 11. The Kier molecular flexibility index (Phi) is 9.46. The molecule has 3 aromatic rings. The summed E-state index contributed by atoms with van der Waals surface area (Å²) < 4.78 is 6.50. The van der Waals surface area contributed by atoms with E-state index in [4.69, 9.17) is 9.72 Å². The Morgan fingerprint density at radius 1 is 1.29 bits per heavy atom. The molecule has 0 aliphatic carbocycles. The number of benzene rings is 2. The summed E-state index contributed by atoms with van der Waals surface area (Å²) in [5.74, 6) is 1.66. The van der Waals surface area contributed by atoms with Gasteiger partial charge >= 0.3 is 0 Å². The minimum absolute atomic E-state index is 0.295. The highest BCUT2D eigenvalue weighted by Crippen LogP contribution is 2.36. The van der Waals surface area contributed by atoms with Crippen LogP contribution in [0.5, 0.6) is 5.75 Å². The molecule has 0 bridgehead atoms. The zero-order valence-corrected chi connectivity index (χ0v) is 22.5. The van der Waals surface area contributed by atoms with E-state index in [2.05, 4.69) is 38.7 Å². The Balaban J connectivity index is 1.69. The van der Waals surface area contributed by atoms with Gasteiger partial charge in [0.25, 0.3) is 0 Å². The lowest BCUT2D eigenvalue weighted by molar-refractivity contribution is 0.189. The normalized spacial score (nSPS) is 17.2. The molecule has 4 N–H and O–H groups in total. The van der Waals surface area contributed by atoms with E-state index < -0.39 is 0 Å². The Morgan fingerprint density at radius 3 is 2.89 bits per heavy atom. The third-order valence-corrected chi connectivity index (χ3v) is 6.55. The summed E-state index contributed by atoms with van der Waals surface area (Å²) in [4.78, 5) is 13.5. The van der Waals surface area contributed by atoms with E-state index in [0.717, 1.165) is 53.5 Å². The Hall–Kier alpha value is -3.75. The highest BCUT2D eigenvalue weighted by Gasteiger charge is 2.17. The molecule has 0 amide bonds. The van der Waals surface area contributed by atoms with Crippen LogP contribution < -0.4 is 20.7 Å². The first-order valence-corrected chi connectivity index (χ1v) is 13.3. The van der Waals surface area contributed by atoms with Gasteiger partial charge in [-0.3, -0.25) is 0 Å². The number of hydrogen-bond donors (Lipinski definition) is 4. The summed E-state index contributed by atoms with van der Waals surface area (Å²) in [6.45, 7) is 12.2. The second-order valence-electron chi connectivity index (χ2n) is 9.61. The van der Waals surface area contributed by atoms with E-state index >= 15 is 0 Å². The van der Waals surface area contributed by atoms with Crippen molar-refractivity contribution in [2.75, 3.05) is 30.3 Å². The molecule has 0 radical (unpaired) electrons. The molecular formula is C30H38N6O2. The van der Waals surface area contributed by atoms with Crippen molar-refractivity contribution in [3.8, 4) is 5.75 Å². The maximum absolute atomic E-state index is 9.64. The lowest BCUT2D eigenvalue weighted by Crippen LogP contribution is -2.38. The summed E-state index contributed by atoms with van der Waals surface area (Å²) in [5, 5.41) is 21.9. The van der Waals surface area contributed by atoms with Crippen LogP contribution in [0.1, 0.15) is 44.4 Å². The van der Waals surface area contributed by atoms with E-state index in [1.54, 1.807) is 13.1 Å². The molecule has 2 atom stereocenters. The van der Waals surface area contributed by atoms with Crippen LogP contribution >= 0.6 is 0 Å². The Morgan fingerprint density at radius 2 is 2.16 bits per heavy atom. The number of ether oxygens (including phenoxy) is 1. The van der Waals surface area contributed by atoms with Crippen LogP contribution in [0.4, 0.5) is 11.6 Å². The van der Waals surface area contributed by atoms with Gasteiger partial charge in [-0.15, -0.1) is 0 Å². The van der Waals surface area contributed by atoms with Gasteiger partial charge in [-0.25, -0.2) is 15.0 Å². The van der Waals surface area contributed by atoms with E-state index in [-0.39, 0.29) is 6.10 Å². The predicted octanol–water partition coefficient (Wildman–Crippen LogP) is 5.31. The van der Waals surface area contributed by atoms with Gasteiger partial charge in [0, 0.05) is 41.8 Å². The van der Waals surface area contributed by atoms with Crippen molar-refractivity contribution in [1.82, 2.24) is 15.3 Å². The molecule has 0 spiro atoms. The van der Waals surface area contributed by atoms with Crippen molar-refractivity contribution in [2.45, 2.75) is 52.2 Å². The van der Waals surface area contributed by atoms with Gasteiger partial charge < -0.3 is 25.8 Å². The predicted molar refractivity (Wildman–Crippen MR) is 157 cm³/mol. The number of aliphatic hydroxyl groups is 1. The number of hydrogen-bond acceptors (Lipinski definition) is 8. The van der Waals surface area contributed by atoms with Gasteiger partial charge in [0.05, 0.1) is 17.4 Å². The number of aromatic nitrogens is 2.